The summed E-state index contributed by atoms with van der Waals surface area (Å²) in [5, 5.41) is 4.73. The highest BCUT2D eigenvalue weighted by atomic mass is 32.2. The van der Waals surface area contributed by atoms with Crippen LogP contribution in [-0.4, -0.2) is 30.0 Å². The van der Waals surface area contributed by atoms with Crippen LogP contribution in [-0.2, 0) is 16.2 Å². The van der Waals surface area contributed by atoms with Crippen LogP contribution in [0.3, 0.4) is 0 Å². The van der Waals surface area contributed by atoms with Crippen LogP contribution in [0.25, 0.3) is 5.52 Å². The fourth-order valence-electron chi connectivity index (χ4n) is 3.03. The molecule has 0 spiro atoms. The molecular weight excluding hydrogens is 236 g/mol. The maximum atomic E-state index is 11.4. The minimum atomic E-state index is -1.15. The molecule has 2 aromatic heterocycles. The van der Waals surface area contributed by atoms with Crippen molar-refractivity contribution in [3.63, 3.8) is 0 Å². The van der Waals surface area contributed by atoms with E-state index in [-0.39, 0.29) is 5.41 Å². The molecule has 5 rings (SSSR count). The molecule has 2 heterocycles. The topological polar surface area (TPSA) is 60.2 Å². The number of hydrogen-bond donors (Lipinski definition) is 0. The number of nitrogens with zero attached hydrogens (tertiary/aromatic N) is 4. The summed E-state index contributed by atoms with van der Waals surface area (Å²) in [6.07, 6.45) is 8.81. The molecule has 0 N–H and O–H groups in total. The third-order valence-corrected chi connectivity index (χ3v) is 4.73. The molecule has 0 saturated heterocycles. The summed E-state index contributed by atoms with van der Waals surface area (Å²) in [6.45, 7) is 0. The van der Waals surface area contributed by atoms with E-state index in [9.17, 15) is 4.21 Å². The Morgan fingerprint density at radius 2 is 2.06 bits per heavy atom. The number of fused-ring (bicyclic) bond motifs is 1. The first-order valence-corrected chi connectivity index (χ1v) is 7.28. The summed E-state index contributed by atoms with van der Waals surface area (Å²) in [7, 11) is -1.15. The van der Waals surface area contributed by atoms with Crippen LogP contribution in [0.15, 0.2) is 17.6 Å². The van der Waals surface area contributed by atoms with Gasteiger partial charge in [-0.2, -0.15) is 0 Å². The first-order chi connectivity index (χ1) is 8.18. The molecule has 3 saturated carbocycles. The minimum absolute atomic E-state index is 0.262. The van der Waals surface area contributed by atoms with Gasteiger partial charge in [0.15, 0.2) is 0 Å². The van der Waals surface area contributed by atoms with Gasteiger partial charge in [0.2, 0.25) is 5.16 Å². The smallest absolute Gasteiger partial charge is 0.237 e. The SMILES string of the molecule is CS(=O)c1ncc2cnc(C34CC(C3)C4)n2n1. The maximum absolute atomic E-state index is 11.4. The lowest BCUT2D eigenvalue weighted by Gasteiger charge is -2.60. The van der Waals surface area contributed by atoms with Gasteiger partial charge in [0.1, 0.15) is 11.3 Å². The summed E-state index contributed by atoms with van der Waals surface area (Å²) in [5.74, 6) is 1.94. The van der Waals surface area contributed by atoms with Gasteiger partial charge in [-0.1, -0.05) is 0 Å². The second-order valence-electron chi connectivity index (χ2n) is 5.17. The first kappa shape index (κ1) is 9.70. The average Bonchev–Trinajstić information content (AvgIpc) is 2.57. The van der Waals surface area contributed by atoms with Gasteiger partial charge in [-0.25, -0.2) is 14.5 Å². The number of imidazole rings is 1. The molecule has 6 heteroatoms. The van der Waals surface area contributed by atoms with E-state index in [2.05, 4.69) is 15.1 Å². The van der Waals surface area contributed by atoms with Crippen molar-refractivity contribution in [1.29, 1.82) is 0 Å². The summed E-state index contributed by atoms with van der Waals surface area (Å²) in [6, 6.07) is 0. The molecule has 5 nitrogen and oxygen atoms in total. The van der Waals surface area contributed by atoms with Crippen molar-refractivity contribution >= 4 is 16.3 Å². The van der Waals surface area contributed by atoms with Crippen molar-refractivity contribution in [2.75, 3.05) is 6.26 Å². The Labute approximate surface area is 101 Å². The minimum Gasteiger partial charge on any atom is -0.251 e. The van der Waals surface area contributed by atoms with Crippen molar-refractivity contribution < 1.29 is 4.21 Å². The molecule has 88 valence electrons. The molecule has 0 amide bonds. The van der Waals surface area contributed by atoms with E-state index in [0.29, 0.717) is 5.16 Å². The van der Waals surface area contributed by atoms with Gasteiger partial charge in [-0.15, -0.1) is 5.10 Å². The van der Waals surface area contributed by atoms with Gasteiger partial charge in [-0.3, -0.25) is 4.21 Å². The first-order valence-electron chi connectivity index (χ1n) is 5.73. The second-order valence-corrected chi connectivity index (χ2v) is 6.45. The quantitative estimate of drug-likeness (QED) is 0.792. The van der Waals surface area contributed by atoms with Crippen LogP contribution < -0.4 is 0 Å². The van der Waals surface area contributed by atoms with Crippen LogP contribution in [0.2, 0.25) is 0 Å². The van der Waals surface area contributed by atoms with Crippen molar-refractivity contribution in [2.24, 2.45) is 5.92 Å². The number of hydrogen-bond acceptors (Lipinski definition) is 4. The third-order valence-electron chi connectivity index (χ3n) is 4.03. The highest BCUT2D eigenvalue weighted by Gasteiger charge is 2.59. The van der Waals surface area contributed by atoms with Crippen LogP contribution in [0.1, 0.15) is 25.1 Å². The Morgan fingerprint density at radius 1 is 1.35 bits per heavy atom. The zero-order valence-corrected chi connectivity index (χ0v) is 10.3. The Kier molecular flexibility index (Phi) is 1.67. The van der Waals surface area contributed by atoms with E-state index in [4.69, 9.17) is 0 Å². The predicted molar refractivity (Wildman–Crippen MR) is 62.1 cm³/mol. The Balaban J connectivity index is 1.92. The maximum Gasteiger partial charge on any atom is 0.237 e. The molecule has 0 aromatic carbocycles. The zero-order valence-electron chi connectivity index (χ0n) is 9.46. The average molecular weight is 248 g/mol. The van der Waals surface area contributed by atoms with Crippen LogP contribution in [0, 0.1) is 5.92 Å². The molecule has 2 aromatic rings. The molecular formula is C11H12N4OS. The van der Waals surface area contributed by atoms with Gasteiger partial charge >= 0.3 is 0 Å². The van der Waals surface area contributed by atoms with E-state index >= 15 is 0 Å². The number of rotatable bonds is 2. The van der Waals surface area contributed by atoms with Crippen molar-refractivity contribution in [3.8, 4) is 0 Å². The highest BCUT2D eigenvalue weighted by molar-refractivity contribution is 7.84. The van der Waals surface area contributed by atoms with E-state index in [1.807, 2.05) is 4.52 Å². The fourth-order valence-corrected chi connectivity index (χ4v) is 3.43. The second kappa shape index (κ2) is 2.93. The largest absolute Gasteiger partial charge is 0.251 e. The van der Waals surface area contributed by atoms with Gasteiger partial charge < -0.3 is 0 Å². The summed E-state index contributed by atoms with van der Waals surface area (Å²) in [4.78, 5) is 8.58. The highest BCUT2D eigenvalue weighted by Crippen LogP contribution is 2.64. The van der Waals surface area contributed by atoms with E-state index < -0.39 is 10.8 Å². The number of aromatic nitrogens is 4. The van der Waals surface area contributed by atoms with Crippen LogP contribution in [0.5, 0.6) is 0 Å². The van der Waals surface area contributed by atoms with Crippen LogP contribution in [0.4, 0.5) is 0 Å². The lowest BCUT2D eigenvalue weighted by Crippen LogP contribution is -2.56. The predicted octanol–water partition coefficient (Wildman–Crippen LogP) is 0.913. The monoisotopic (exact) mass is 248 g/mol. The molecule has 17 heavy (non-hydrogen) atoms. The standard InChI is InChI=1S/C11H12N4OS/c1-17(16)10-13-6-8-5-12-9(15(8)14-10)11-2-7(3-11)4-11/h5-7H,2-4H2,1H3. The summed E-state index contributed by atoms with van der Waals surface area (Å²) < 4.78 is 13.3. The molecule has 3 fully saturated rings. The van der Waals surface area contributed by atoms with Gasteiger partial charge in [0.05, 0.1) is 23.2 Å². The van der Waals surface area contributed by atoms with Crippen molar-refractivity contribution in [3.05, 3.63) is 18.2 Å². The van der Waals surface area contributed by atoms with Crippen LogP contribution >= 0.6 is 0 Å². The molecule has 1 atom stereocenters. The van der Waals surface area contributed by atoms with Crippen molar-refractivity contribution in [2.45, 2.75) is 29.8 Å². The Bertz CT molecular complexity index is 633. The Morgan fingerprint density at radius 3 is 2.65 bits per heavy atom. The lowest BCUT2D eigenvalue weighted by molar-refractivity contribution is -0.0358. The fraction of sp³-hybridized carbons (Fsp3) is 0.545. The van der Waals surface area contributed by atoms with E-state index in [0.717, 1.165) is 17.3 Å². The summed E-state index contributed by atoms with van der Waals surface area (Å²) >= 11 is 0. The normalized spacial score (nSPS) is 31.9. The van der Waals surface area contributed by atoms with Crippen molar-refractivity contribution in [1.82, 2.24) is 19.6 Å². The van der Waals surface area contributed by atoms with Gasteiger partial charge in [0.25, 0.3) is 0 Å². The molecule has 3 aliphatic rings. The lowest BCUT2D eigenvalue weighted by atomic mass is 9.44. The van der Waals surface area contributed by atoms with Gasteiger partial charge in [-0.05, 0) is 25.2 Å². The summed E-state index contributed by atoms with van der Waals surface area (Å²) in [5.41, 5.74) is 1.15. The molecule has 1 unspecified atom stereocenters. The molecule has 0 aliphatic heterocycles. The van der Waals surface area contributed by atoms with Gasteiger partial charge in [0, 0.05) is 11.7 Å². The van der Waals surface area contributed by atoms with E-state index in [1.54, 1.807) is 18.6 Å². The molecule has 0 radical (unpaired) electrons. The molecule has 3 aliphatic carbocycles. The zero-order chi connectivity index (χ0) is 11.6. The Hall–Kier alpha value is -1.30. The third kappa shape index (κ3) is 1.14. The molecule has 2 bridgehead atoms. The van der Waals surface area contributed by atoms with E-state index in [1.165, 1.54) is 19.3 Å².